The fraction of sp³-hybridized carbons (Fsp3) is 0.375. The summed E-state index contributed by atoms with van der Waals surface area (Å²) in [5.74, 6) is 1.63. The molecule has 4 N–H and O–H groups in total. The van der Waals surface area contributed by atoms with E-state index >= 15 is 0 Å². The van der Waals surface area contributed by atoms with Crippen LogP contribution < -0.4 is 10.6 Å². The number of aromatic amines is 2. The number of hydrogen-bond acceptors (Lipinski definition) is 6. The van der Waals surface area contributed by atoms with Crippen LogP contribution in [0.25, 0.3) is 11.4 Å². The van der Waals surface area contributed by atoms with E-state index in [0.717, 1.165) is 59.8 Å². The van der Waals surface area contributed by atoms with Gasteiger partial charge in [-0.3, -0.25) is 9.59 Å². The first-order valence-corrected chi connectivity index (χ1v) is 14.7. The summed E-state index contributed by atoms with van der Waals surface area (Å²) in [5.41, 5.74) is 3.42. The topological polar surface area (TPSA) is 122 Å². The SMILES string of the molecule is CN[C@@H](C(=O)N1CCC[C@H]1c1nc(-c2cnc([C@@H]3CCCN3C(=O)[C@H](NC)c3ccccc3)[nH]2)c[nH]1)c1ccccc1. The number of carbonyl (C=O) groups excluding carboxylic acids is 2. The number of likely N-dealkylation sites (tertiary alicyclic amines) is 2. The molecule has 0 bridgehead atoms. The number of carbonyl (C=O) groups is 2. The highest BCUT2D eigenvalue weighted by Gasteiger charge is 2.37. The Morgan fingerprint density at radius 3 is 1.86 bits per heavy atom. The third-order valence-electron chi connectivity index (χ3n) is 8.51. The first kappa shape index (κ1) is 27.9. The largest absolute Gasteiger partial charge is 0.346 e. The van der Waals surface area contributed by atoms with Gasteiger partial charge in [0, 0.05) is 19.3 Å². The monoisotopic (exact) mass is 566 g/mol. The minimum Gasteiger partial charge on any atom is -0.346 e. The molecule has 6 rings (SSSR count). The second-order valence-corrected chi connectivity index (χ2v) is 11.0. The molecule has 4 heterocycles. The molecule has 0 spiro atoms. The van der Waals surface area contributed by atoms with Crippen molar-refractivity contribution < 1.29 is 9.59 Å². The number of amides is 2. The van der Waals surface area contributed by atoms with Crippen molar-refractivity contribution in [3.05, 3.63) is 95.8 Å². The number of imidazole rings is 2. The van der Waals surface area contributed by atoms with Crippen molar-refractivity contribution in [2.75, 3.05) is 27.2 Å². The standard InChI is InChI=1S/C32H38N8O2/c1-33-27(21-11-5-3-6-12-21)31(41)39-17-9-15-25(39)29-35-19-23(37-29)24-20-36-30(38-24)26-16-10-18-40(26)32(42)28(34-2)22-13-7-4-8-14-22/h3-8,11-14,19-20,25-28,33-34H,9-10,15-18H2,1-2H3,(H,35,37)(H,36,38)/t25-,26-,27+,28+/m0/s1. The lowest BCUT2D eigenvalue weighted by molar-refractivity contribution is -0.135. The maximum absolute atomic E-state index is 13.6. The Hall–Kier alpha value is -4.28. The van der Waals surface area contributed by atoms with E-state index in [1.807, 2.05) is 90.8 Å². The molecule has 42 heavy (non-hydrogen) atoms. The lowest BCUT2D eigenvalue weighted by atomic mass is 10.1. The summed E-state index contributed by atoms with van der Waals surface area (Å²) in [6.07, 6.45) is 7.20. The third kappa shape index (κ3) is 5.35. The Labute approximate surface area is 246 Å². The van der Waals surface area contributed by atoms with Crippen molar-refractivity contribution in [1.82, 2.24) is 40.4 Å². The molecule has 218 valence electrons. The van der Waals surface area contributed by atoms with Gasteiger partial charge in [-0.15, -0.1) is 0 Å². The summed E-state index contributed by atoms with van der Waals surface area (Å²) < 4.78 is 0. The number of nitrogens with one attached hydrogen (secondary N) is 4. The van der Waals surface area contributed by atoms with Gasteiger partial charge in [0.2, 0.25) is 11.8 Å². The van der Waals surface area contributed by atoms with Crippen molar-refractivity contribution in [3.8, 4) is 11.4 Å². The van der Waals surface area contributed by atoms with Crippen molar-refractivity contribution in [2.24, 2.45) is 0 Å². The van der Waals surface area contributed by atoms with Gasteiger partial charge in [-0.2, -0.15) is 0 Å². The second-order valence-electron chi connectivity index (χ2n) is 11.0. The van der Waals surface area contributed by atoms with E-state index in [2.05, 4.69) is 25.6 Å². The molecule has 2 fully saturated rings. The first-order valence-electron chi connectivity index (χ1n) is 14.7. The molecule has 0 radical (unpaired) electrons. The molecule has 2 aliphatic heterocycles. The zero-order valence-electron chi connectivity index (χ0n) is 24.1. The van der Waals surface area contributed by atoms with Crippen LogP contribution in [-0.2, 0) is 9.59 Å². The highest BCUT2D eigenvalue weighted by atomic mass is 16.2. The van der Waals surface area contributed by atoms with Gasteiger partial charge in [-0.1, -0.05) is 60.7 Å². The van der Waals surface area contributed by atoms with E-state index in [0.29, 0.717) is 13.1 Å². The highest BCUT2D eigenvalue weighted by molar-refractivity contribution is 5.84. The number of aromatic nitrogens is 4. The Balaban J connectivity index is 1.18. The summed E-state index contributed by atoms with van der Waals surface area (Å²) in [7, 11) is 3.64. The molecule has 2 saturated heterocycles. The number of H-pyrrole nitrogens is 2. The molecule has 2 aromatic carbocycles. The summed E-state index contributed by atoms with van der Waals surface area (Å²) in [6, 6.07) is 18.6. The lowest BCUT2D eigenvalue weighted by Gasteiger charge is -2.28. The van der Waals surface area contributed by atoms with Crippen LogP contribution in [0.1, 0.15) is 72.6 Å². The van der Waals surface area contributed by atoms with Crippen LogP contribution in [0.2, 0.25) is 0 Å². The molecular formula is C32H38N8O2. The highest BCUT2D eigenvalue weighted by Crippen LogP contribution is 2.36. The summed E-state index contributed by atoms with van der Waals surface area (Å²) >= 11 is 0. The second kappa shape index (κ2) is 12.3. The van der Waals surface area contributed by atoms with Gasteiger partial charge in [-0.25, -0.2) is 9.97 Å². The molecular weight excluding hydrogens is 528 g/mol. The van der Waals surface area contributed by atoms with Crippen LogP contribution in [-0.4, -0.2) is 68.7 Å². The van der Waals surface area contributed by atoms with Crippen LogP contribution >= 0.6 is 0 Å². The van der Waals surface area contributed by atoms with Crippen LogP contribution in [0.4, 0.5) is 0 Å². The first-order chi connectivity index (χ1) is 20.6. The van der Waals surface area contributed by atoms with Crippen LogP contribution in [0, 0.1) is 0 Å². The van der Waals surface area contributed by atoms with E-state index < -0.39 is 12.1 Å². The van der Waals surface area contributed by atoms with Gasteiger partial charge in [0.1, 0.15) is 29.4 Å². The molecule has 0 unspecified atom stereocenters. The number of likely N-dealkylation sites (N-methyl/N-ethyl adjacent to an activating group) is 2. The summed E-state index contributed by atoms with van der Waals surface area (Å²) in [5, 5.41) is 6.38. The van der Waals surface area contributed by atoms with Gasteiger partial charge >= 0.3 is 0 Å². The normalized spacial score (nSPS) is 20.1. The lowest BCUT2D eigenvalue weighted by Crippen LogP contribution is -2.39. The fourth-order valence-corrected chi connectivity index (χ4v) is 6.40. The smallest absolute Gasteiger partial charge is 0.244 e. The van der Waals surface area contributed by atoms with E-state index in [9.17, 15) is 9.59 Å². The van der Waals surface area contributed by atoms with E-state index in [1.54, 1.807) is 6.20 Å². The van der Waals surface area contributed by atoms with Crippen LogP contribution in [0.15, 0.2) is 73.1 Å². The van der Waals surface area contributed by atoms with Crippen molar-refractivity contribution in [2.45, 2.75) is 49.9 Å². The predicted molar refractivity (Wildman–Crippen MR) is 160 cm³/mol. The molecule has 10 heteroatoms. The third-order valence-corrected chi connectivity index (χ3v) is 8.51. The maximum atomic E-state index is 13.6. The minimum atomic E-state index is -0.406. The van der Waals surface area contributed by atoms with Gasteiger partial charge < -0.3 is 30.4 Å². The van der Waals surface area contributed by atoms with Gasteiger partial charge in [0.05, 0.1) is 24.0 Å². The van der Waals surface area contributed by atoms with Gasteiger partial charge in [0.25, 0.3) is 0 Å². The van der Waals surface area contributed by atoms with E-state index in [4.69, 9.17) is 4.98 Å². The van der Waals surface area contributed by atoms with Crippen LogP contribution in [0.5, 0.6) is 0 Å². The molecule has 0 aliphatic carbocycles. The minimum absolute atomic E-state index is 0.0487. The molecule has 2 amide bonds. The molecule has 0 saturated carbocycles. The quantitative estimate of drug-likeness (QED) is 0.243. The Morgan fingerprint density at radius 1 is 0.810 bits per heavy atom. The fourth-order valence-electron chi connectivity index (χ4n) is 6.40. The Bertz CT molecular complexity index is 1390. The summed E-state index contributed by atoms with van der Waals surface area (Å²) in [4.78, 5) is 47.4. The maximum Gasteiger partial charge on any atom is 0.244 e. The number of nitrogens with zero attached hydrogens (tertiary/aromatic N) is 4. The average molecular weight is 567 g/mol. The van der Waals surface area contributed by atoms with E-state index in [1.165, 1.54) is 0 Å². The van der Waals surface area contributed by atoms with Crippen molar-refractivity contribution in [1.29, 1.82) is 0 Å². The molecule has 4 aromatic rings. The van der Waals surface area contributed by atoms with Crippen molar-refractivity contribution >= 4 is 11.8 Å². The Morgan fingerprint density at radius 2 is 1.33 bits per heavy atom. The predicted octanol–water partition coefficient (Wildman–Crippen LogP) is 4.05. The molecule has 2 aromatic heterocycles. The number of hydrogen-bond donors (Lipinski definition) is 4. The number of rotatable bonds is 9. The van der Waals surface area contributed by atoms with Crippen LogP contribution in [0.3, 0.4) is 0 Å². The molecule has 4 atom stereocenters. The number of benzene rings is 2. The molecule has 10 nitrogen and oxygen atoms in total. The zero-order valence-corrected chi connectivity index (χ0v) is 24.1. The van der Waals surface area contributed by atoms with E-state index in [-0.39, 0.29) is 23.9 Å². The Kier molecular flexibility index (Phi) is 8.16. The van der Waals surface area contributed by atoms with Crippen molar-refractivity contribution in [3.63, 3.8) is 0 Å². The zero-order chi connectivity index (χ0) is 29.1. The average Bonchev–Trinajstić information content (AvgIpc) is 3.85. The van der Waals surface area contributed by atoms with Gasteiger partial charge in [-0.05, 0) is 50.9 Å². The summed E-state index contributed by atoms with van der Waals surface area (Å²) in [6.45, 7) is 1.39. The van der Waals surface area contributed by atoms with Gasteiger partial charge in [0.15, 0.2) is 0 Å². The molecule has 2 aliphatic rings.